The molecule has 0 spiro atoms. The Morgan fingerprint density at radius 2 is 2.50 bits per heavy atom. The fourth-order valence-corrected chi connectivity index (χ4v) is 1.00. The highest BCUT2D eigenvalue weighted by Gasteiger charge is 2.06. The molecule has 14 heavy (non-hydrogen) atoms. The third-order valence-electron chi connectivity index (χ3n) is 1.73. The molecule has 0 aliphatic carbocycles. The van der Waals surface area contributed by atoms with Crippen molar-refractivity contribution in [2.24, 2.45) is 0 Å². The molecule has 0 radical (unpaired) electrons. The fourth-order valence-electron chi connectivity index (χ4n) is 1.00. The molecule has 1 rings (SSSR count). The lowest BCUT2D eigenvalue weighted by Gasteiger charge is -2.15. The van der Waals surface area contributed by atoms with Crippen molar-refractivity contribution in [3.05, 3.63) is 24.0 Å². The smallest absolute Gasteiger partial charge is 0.354 e. The SMILES string of the molecule is C#CCN(C)c1ccnc(C(=O)O)c1. The van der Waals surface area contributed by atoms with Gasteiger partial charge in [0.2, 0.25) is 0 Å². The van der Waals surface area contributed by atoms with Gasteiger partial charge in [0.05, 0.1) is 6.54 Å². The topological polar surface area (TPSA) is 53.4 Å². The highest BCUT2D eigenvalue weighted by Crippen LogP contribution is 2.12. The number of pyridine rings is 1. The zero-order valence-corrected chi connectivity index (χ0v) is 7.77. The molecule has 72 valence electrons. The van der Waals surface area contributed by atoms with E-state index in [0.717, 1.165) is 5.69 Å². The largest absolute Gasteiger partial charge is 0.477 e. The average Bonchev–Trinajstić information content (AvgIpc) is 2.18. The Kier molecular flexibility index (Phi) is 3.08. The number of hydrogen-bond acceptors (Lipinski definition) is 3. The molecule has 1 heterocycles. The van der Waals surface area contributed by atoms with Crippen molar-refractivity contribution in [2.45, 2.75) is 0 Å². The van der Waals surface area contributed by atoms with Gasteiger partial charge >= 0.3 is 5.97 Å². The van der Waals surface area contributed by atoms with Crippen LogP contribution in [0, 0.1) is 12.3 Å². The van der Waals surface area contributed by atoms with Gasteiger partial charge < -0.3 is 10.0 Å². The Labute approximate surface area is 82.2 Å². The molecule has 0 atom stereocenters. The summed E-state index contributed by atoms with van der Waals surface area (Å²) in [6.07, 6.45) is 6.59. The van der Waals surface area contributed by atoms with Crippen molar-refractivity contribution in [1.29, 1.82) is 0 Å². The highest BCUT2D eigenvalue weighted by atomic mass is 16.4. The van der Waals surface area contributed by atoms with Crippen LogP contribution in [0.1, 0.15) is 10.5 Å². The fraction of sp³-hybridized carbons (Fsp3) is 0.200. The number of nitrogens with zero attached hydrogens (tertiary/aromatic N) is 2. The van der Waals surface area contributed by atoms with Gasteiger partial charge in [-0.25, -0.2) is 9.78 Å². The van der Waals surface area contributed by atoms with Crippen molar-refractivity contribution in [3.8, 4) is 12.3 Å². The molecule has 0 aliphatic rings. The first-order valence-electron chi connectivity index (χ1n) is 3.99. The lowest BCUT2D eigenvalue weighted by atomic mass is 10.3. The summed E-state index contributed by atoms with van der Waals surface area (Å²) in [6, 6.07) is 3.20. The minimum Gasteiger partial charge on any atom is -0.477 e. The van der Waals surface area contributed by atoms with Crippen LogP contribution in [-0.2, 0) is 0 Å². The molecule has 1 N–H and O–H groups in total. The minimum atomic E-state index is -1.04. The van der Waals surface area contributed by atoms with E-state index in [1.165, 1.54) is 12.3 Å². The standard InChI is InChI=1S/C10H10N2O2/c1-3-6-12(2)8-4-5-11-9(7-8)10(13)14/h1,4-5,7H,6H2,2H3,(H,13,14). The summed E-state index contributed by atoms with van der Waals surface area (Å²) in [5.41, 5.74) is 0.765. The number of rotatable bonds is 3. The van der Waals surface area contributed by atoms with E-state index in [1.807, 2.05) is 0 Å². The predicted molar refractivity (Wildman–Crippen MR) is 53.3 cm³/mol. The molecule has 0 bridgehead atoms. The normalized spacial score (nSPS) is 9.14. The molecular weight excluding hydrogens is 180 g/mol. The third kappa shape index (κ3) is 2.23. The number of carboxylic acid groups (broad SMARTS) is 1. The van der Waals surface area contributed by atoms with E-state index in [4.69, 9.17) is 11.5 Å². The van der Waals surface area contributed by atoms with Gasteiger partial charge in [-0.15, -0.1) is 6.42 Å². The van der Waals surface area contributed by atoms with Gasteiger partial charge in [0.25, 0.3) is 0 Å². The monoisotopic (exact) mass is 190 g/mol. The summed E-state index contributed by atoms with van der Waals surface area (Å²) >= 11 is 0. The van der Waals surface area contributed by atoms with Crippen LogP contribution in [0.3, 0.4) is 0 Å². The summed E-state index contributed by atoms with van der Waals surface area (Å²) < 4.78 is 0. The lowest BCUT2D eigenvalue weighted by Crippen LogP contribution is -2.17. The van der Waals surface area contributed by atoms with E-state index in [2.05, 4.69) is 10.9 Å². The molecule has 0 aromatic carbocycles. The van der Waals surface area contributed by atoms with E-state index in [1.54, 1.807) is 18.0 Å². The Hall–Kier alpha value is -2.02. The maximum absolute atomic E-state index is 10.6. The molecule has 0 saturated heterocycles. The van der Waals surface area contributed by atoms with Crippen LogP contribution in [0.4, 0.5) is 5.69 Å². The van der Waals surface area contributed by atoms with E-state index in [-0.39, 0.29) is 5.69 Å². The second kappa shape index (κ2) is 4.28. The maximum Gasteiger partial charge on any atom is 0.354 e. The number of terminal acetylenes is 1. The number of aromatic nitrogens is 1. The zero-order chi connectivity index (χ0) is 10.6. The van der Waals surface area contributed by atoms with Gasteiger partial charge in [-0.2, -0.15) is 0 Å². The van der Waals surface area contributed by atoms with Crippen LogP contribution in [0.15, 0.2) is 18.3 Å². The van der Waals surface area contributed by atoms with Gasteiger partial charge in [-0.3, -0.25) is 0 Å². The van der Waals surface area contributed by atoms with E-state index in [9.17, 15) is 4.79 Å². The van der Waals surface area contributed by atoms with Gasteiger partial charge in [0, 0.05) is 18.9 Å². The molecular formula is C10H10N2O2. The molecule has 1 aromatic rings. The van der Waals surface area contributed by atoms with Crippen molar-refractivity contribution in [1.82, 2.24) is 4.98 Å². The van der Waals surface area contributed by atoms with Crippen LogP contribution < -0.4 is 4.90 Å². The van der Waals surface area contributed by atoms with Crippen molar-refractivity contribution in [3.63, 3.8) is 0 Å². The molecule has 4 nitrogen and oxygen atoms in total. The Balaban J connectivity index is 2.94. The summed E-state index contributed by atoms with van der Waals surface area (Å²) in [6.45, 7) is 0.434. The third-order valence-corrected chi connectivity index (χ3v) is 1.73. The Bertz CT molecular complexity index is 382. The molecule has 0 fully saturated rings. The predicted octanol–water partition coefficient (Wildman–Crippen LogP) is 0.849. The van der Waals surface area contributed by atoms with Gasteiger partial charge in [0.15, 0.2) is 0 Å². The first-order valence-corrected chi connectivity index (χ1v) is 3.99. The number of anilines is 1. The van der Waals surface area contributed by atoms with Crippen LogP contribution in [0.2, 0.25) is 0 Å². The number of aromatic carboxylic acids is 1. The summed E-state index contributed by atoms with van der Waals surface area (Å²) in [5.74, 6) is 1.43. The van der Waals surface area contributed by atoms with E-state index in [0.29, 0.717) is 6.54 Å². The Morgan fingerprint density at radius 3 is 3.07 bits per heavy atom. The summed E-state index contributed by atoms with van der Waals surface area (Å²) in [4.78, 5) is 16.1. The first-order chi connectivity index (χ1) is 6.65. The van der Waals surface area contributed by atoms with Gasteiger partial charge in [0.1, 0.15) is 5.69 Å². The number of carbonyl (C=O) groups is 1. The summed E-state index contributed by atoms with van der Waals surface area (Å²) in [5, 5.41) is 8.70. The summed E-state index contributed by atoms with van der Waals surface area (Å²) in [7, 11) is 1.79. The van der Waals surface area contributed by atoms with Crippen LogP contribution in [0.25, 0.3) is 0 Å². The molecule has 4 heteroatoms. The van der Waals surface area contributed by atoms with Gasteiger partial charge in [-0.1, -0.05) is 5.92 Å². The lowest BCUT2D eigenvalue weighted by molar-refractivity contribution is 0.0690. The number of carboxylic acids is 1. The van der Waals surface area contributed by atoms with Crippen LogP contribution >= 0.6 is 0 Å². The van der Waals surface area contributed by atoms with Crippen LogP contribution in [-0.4, -0.2) is 29.7 Å². The van der Waals surface area contributed by atoms with Crippen molar-refractivity contribution in [2.75, 3.05) is 18.5 Å². The van der Waals surface area contributed by atoms with Crippen LogP contribution in [0.5, 0.6) is 0 Å². The molecule has 0 saturated carbocycles. The highest BCUT2D eigenvalue weighted by molar-refractivity contribution is 5.86. The average molecular weight is 190 g/mol. The van der Waals surface area contributed by atoms with Crippen molar-refractivity contribution < 1.29 is 9.90 Å². The minimum absolute atomic E-state index is 0.0198. The molecule has 0 aliphatic heterocycles. The van der Waals surface area contributed by atoms with E-state index >= 15 is 0 Å². The first kappa shape index (κ1) is 10.1. The van der Waals surface area contributed by atoms with Crippen molar-refractivity contribution >= 4 is 11.7 Å². The number of hydrogen-bond donors (Lipinski definition) is 1. The zero-order valence-electron chi connectivity index (χ0n) is 7.77. The maximum atomic E-state index is 10.6. The van der Waals surface area contributed by atoms with Gasteiger partial charge in [-0.05, 0) is 12.1 Å². The quantitative estimate of drug-likeness (QED) is 0.718. The second-order valence-electron chi connectivity index (χ2n) is 2.76. The molecule has 1 aromatic heterocycles. The Morgan fingerprint density at radius 1 is 1.79 bits per heavy atom. The molecule has 0 amide bonds. The van der Waals surface area contributed by atoms with E-state index < -0.39 is 5.97 Å². The molecule has 0 unspecified atom stereocenters. The second-order valence-corrected chi connectivity index (χ2v) is 2.76.